The van der Waals surface area contributed by atoms with Gasteiger partial charge in [0.15, 0.2) is 17.5 Å². The second kappa shape index (κ2) is 14.1. The predicted octanol–water partition coefficient (Wildman–Crippen LogP) is 12.8. The number of nitrogens with zero attached hydrogens (tertiary/aromatic N) is 4. The number of fused-ring (bicyclic) bond motifs is 4. The highest BCUT2D eigenvalue weighted by Crippen LogP contribution is 2.44. The lowest BCUT2D eigenvalue weighted by molar-refractivity contribution is 0.517. The van der Waals surface area contributed by atoms with Crippen molar-refractivity contribution in [3.8, 4) is 44.5 Å². The lowest BCUT2D eigenvalue weighted by Crippen LogP contribution is -2.03. The quantitative estimate of drug-likeness (QED) is 0.147. The molecule has 1 aliphatic rings. The smallest absolute Gasteiger partial charge is 0.164 e. The van der Waals surface area contributed by atoms with Crippen LogP contribution in [0, 0.1) is 0 Å². The van der Waals surface area contributed by atoms with Crippen molar-refractivity contribution in [1.29, 1.82) is 0 Å². The SMILES string of the molecule is C/C=C(\C=C/CC)c1nc(-c2ccccc2)nc(-c2ccc3sc(-c4cccc(-c5cccc6c7c(oc56)C(c5ccccc5)CC=C7)c4)nc3c2)n1. The monoisotopic (exact) mass is 704 g/mol. The van der Waals surface area contributed by atoms with Gasteiger partial charge in [0.1, 0.15) is 16.4 Å². The number of thiazole rings is 1. The lowest BCUT2D eigenvalue weighted by atomic mass is 9.86. The van der Waals surface area contributed by atoms with E-state index in [0.717, 1.165) is 78.2 Å². The van der Waals surface area contributed by atoms with Crippen LogP contribution in [0.2, 0.25) is 0 Å². The lowest BCUT2D eigenvalue weighted by Gasteiger charge is -2.17. The zero-order valence-corrected chi connectivity index (χ0v) is 30.3. The molecule has 9 rings (SSSR count). The fourth-order valence-corrected chi connectivity index (χ4v) is 8.06. The van der Waals surface area contributed by atoms with E-state index in [2.05, 4.69) is 122 Å². The molecule has 0 saturated carbocycles. The van der Waals surface area contributed by atoms with E-state index in [1.807, 2.05) is 43.3 Å². The van der Waals surface area contributed by atoms with Crippen molar-refractivity contribution >= 4 is 44.2 Å². The third kappa shape index (κ3) is 6.21. The van der Waals surface area contributed by atoms with Gasteiger partial charge in [0, 0.05) is 44.7 Å². The number of para-hydroxylation sites is 1. The van der Waals surface area contributed by atoms with Gasteiger partial charge in [0.2, 0.25) is 0 Å². The fourth-order valence-electron chi connectivity index (χ4n) is 7.12. The van der Waals surface area contributed by atoms with Crippen molar-refractivity contribution < 1.29 is 4.42 Å². The Balaban J connectivity index is 1.08. The molecular weight excluding hydrogens is 669 g/mol. The number of furan rings is 1. The van der Waals surface area contributed by atoms with Crippen molar-refractivity contribution in [3.05, 3.63) is 168 Å². The highest BCUT2D eigenvalue weighted by Gasteiger charge is 2.26. The van der Waals surface area contributed by atoms with Gasteiger partial charge in [0.25, 0.3) is 0 Å². The van der Waals surface area contributed by atoms with E-state index < -0.39 is 0 Å². The van der Waals surface area contributed by atoms with Gasteiger partial charge >= 0.3 is 0 Å². The van der Waals surface area contributed by atoms with Crippen molar-refractivity contribution in [2.45, 2.75) is 32.6 Å². The van der Waals surface area contributed by atoms with E-state index in [9.17, 15) is 0 Å². The summed E-state index contributed by atoms with van der Waals surface area (Å²) in [5.41, 5.74) is 10.3. The van der Waals surface area contributed by atoms with E-state index in [4.69, 9.17) is 24.4 Å². The van der Waals surface area contributed by atoms with Crippen LogP contribution in [0.4, 0.5) is 0 Å². The normalized spacial score (nSPS) is 14.4. The molecule has 1 unspecified atom stereocenters. The summed E-state index contributed by atoms with van der Waals surface area (Å²) in [6, 6.07) is 42.1. The van der Waals surface area contributed by atoms with Crippen LogP contribution < -0.4 is 0 Å². The van der Waals surface area contributed by atoms with Gasteiger partial charge in [-0.1, -0.05) is 134 Å². The van der Waals surface area contributed by atoms with Gasteiger partial charge in [-0.25, -0.2) is 19.9 Å². The standard InChI is InChI=1S/C47H36N4OS/c1-3-5-15-30(4-2)44-49-45(32-18-10-7-11-19-32)51-46(50-44)34-26-27-41-40(29-34)48-47(53-41)35-21-12-20-33(28-35)37-23-14-25-39-38-24-13-22-36(42(38)52-43(37)39)31-16-8-6-9-17-31/h4-21,23-29,36H,3,22H2,1-2H3/b15-5-,30-4+. The summed E-state index contributed by atoms with van der Waals surface area (Å²) in [6.45, 7) is 4.13. The van der Waals surface area contributed by atoms with E-state index in [1.165, 1.54) is 11.1 Å². The molecular formula is C47H36N4OS. The molecule has 1 atom stereocenters. The third-order valence-corrected chi connectivity index (χ3v) is 10.9. The van der Waals surface area contributed by atoms with Crippen LogP contribution in [0.1, 0.15) is 55.3 Å². The minimum atomic E-state index is 0.201. The van der Waals surface area contributed by atoms with Crippen LogP contribution in [-0.4, -0.2) is 19.9 Å². The van der Waals surface area contributed by atoms with E-state index >= 15 is 0 Å². The molecule has 0 N–H and O–H groups in total. The fraction of sp³-hybridized carbons (Fsp3) is 0.106. The summed E-state index contributed by atoms with van der Waals surface area (Å²) < 4.78 is 7.89. The zero-order valence-electron chi connectivity index (χ0n) is 29.5. The summed E-state index contributed by atoms with van der Waals surface area (Å²) in [6.07, 6.45) is 12.6. The Hall–Kier alpha value is -6.24. The number of benzene rings is 5. The molecule has 3 heterocycles. The second-order valence-corrected chi connectivity index (χ2v) is 14.2. The maximum Gasteiger partial charge on any atom is 0.164 e. The Morgan fingerprint density at radius 3 is 2.32 bits per heavy atom. The Labute approximate surface area is 312 Å². The van der Waals surface area contributed by atoms with Gasteiger partial charge in [-0.2, -0.15) is 0 Å². The van der Waals surface area contributed by atoms with Crippen molar-refractivity contribution in [2.75, 3.05) is 0 Å². The summed E-state index contributed by atoms with van der Waals surface area (Å²) in [4.78, 5) is 19.9. The van der Waals surface area contributed by atoms with Crippen molar-refractivity contribution in [1.82, 2.24) is 19.9 Å². The third-order valence-electron chi connectivity index (χ3n) is 9.79. The largest absolute Gasteiger partial charge is 0.459 e. The zero-order chi connectivity index (χ0) is 35.7. The van der Waals surface area contributed by atoms with E-state index in [1.54, 1.807) is 11.3 Å². The molecule has 3 aromatic heterocycles. The summed E-state index contributed by atoms with van der Waals surface area (Å²) in [5, 5.41) is 2.10. The number of hydrogen-bond donors (Lipinski definition) is 0. The minimum absolute atomic E-state index is 0.201. The molecule has 0 fully saturated rings. The molecule has 53 heavy (non-hydrogen) atoms. The molecule has 0 bridgehead atoms. The van der Waals surface area contributed by atoms with Crippen LogP contribution >= 0.6 is 11.3 Å². The van der Waals surface area contributed by atoms with Gasteiger partial charge in [-0.15, -0.1) is 11.3 Å². The molecule has 0 aliphatic heterocycles. The highest BCUT2D eigenvalue weighted by atomic mass is 32.1. The average Bonchev–Trinajstić information content (AvgIpc) is 3.83. The van der Waals surface area contributed by atoms with Gasteiger partial charge in [-0.05, 0) is 55.2 Å². The first-order chi connectivity index (χ1) is 26.2. The molecule has 256 valence electrons. The number of rotatable bonds is 8. The van der Waals surface area contributed by atoms with Gasteiger partial charge < -0.3 is 4.42 Å². The Morgan fingerprint density at radius 1 is 0.755 bits per heavy atom. The Kier molecular flexibility index (Phi) is 8.66. The molecule has 8 aromatic rings. The number of aromatic nitrogens is 4. The molecule has 6 heteroatoms. The number of hydrogen-bond acceptors (Lipinski definition) is 6. The second-order valence-electron chi connectivity index (χ2n) is 13.2. The van der Waals surface area contributed by atoms with E-state index in [-0.39, 0.29) is 5.92 Å². The predicted molar refractivity (Wildman–Crippen MR) is 220 cm³/mol. The summed E-state index contributed by atoms with van der Waals surface area (Å²) in [5.74, 6) is 3.16. The first-order valence-electron chi connectivity index (χ1n) is 18.1. The van der Waals surface area contributed by atoms with Gasteiger partial charge in [-0.3, -0.25) is 0 Å². The molecule has 0 saturated heterocycles. The van der Waals surface area contributed by atoms with E-state index in [0.29, 0.717) is 17.5 Å². The Bertz CT molecular complexity index is 2700. The number of allylic oxidation sites excluding steroid dienone is 5. The Morgan fingerprint density at radius 2 is 1.51 bits per heavy atom. The molecule has 0 amide bonds. The van der Waals surface area contributed by atoms with Crippen LogP contribution in [0.15, 0.2) is 150 Å². The summed E-state index contributed by atoms with van der Waals surface area (Å²) >= 11 is 1.69. The maximum absolute atomic E-state index is 6.79. The highest BCUT2D eigenvalue weighted by molar-refractivity contribution is 7.21. The molecule has 0 radical (unpaired) electrons. The molecule has 1 aliphatic carbocycles. The van der Waals surface area contributed by atoms with Crippen LogP contribution in [0.5, 0.6) is 0 Å². The maximum atomic E-state index is 6.79. The first kappa shape index (κ1) is 32.7. The molecule has 5 nitrogen and oxygen atoms in total. The molecule has 0 spiro atoms. The van der Waals surface area contributed by atoms with Crippen LogP contribution in [0.25, 0.3) is 77.3 Å². The summed E-state index contributed by atoms with van der Waals surface area (Å²) in [7, 11) is 0. The topological polar surface area (TPSA) is 64.7 Å². The minimum Gasteiger partial charge on any atom is -0.459 e. The average molecular weight is 705 g/mol. The van der Waals surface area contributed by atoms with Crippen LogP contribution in [-0.2, 0) is 0 Å². The van der Waals surface area contributed by atoms with Crippen LogP contribution in [0.3, 0.4) is 0 Å². The van der Waals surface area contributed by atoms with Crippen molar-refractivity contribution in [2.24, 2.45) is 0 Å². The van der Waals surface area contributed by atoms with Gasteiger partial charge in [0.05, 0.1) is 10.2 Å². The first-order valence-corrected chi connectivity index (χ1v) is 18.9. The molecule has 5 aromatic carbocycles. The van der Waals surface area contributed by atoms with Crippen molar-refractivity contribution in [3.63, 3.8) is 0 Å².